The summed E-state index contributed by atoms with van der Waals surface area (Å²) in [5.74, 6) is -2.44. The van der Waals surface area contributed by atoms with Crippen molar-refractivity contribution >= 4 is 34.7 Å². The standard InChI is InChI=1S/C24H18ClFN2O5/c1-32-18-12-19(33-2)17(25)11-16(18)22(29)20-21(13-6-8-27-9-7-13)28(24(31)23(20)30)15-5-3-4-14(26)10-15/h3-12,21,29H,1-2H3/b22-20+. The second-order valence-electron chi connectivity index (χ2n) is 7.12. The summed E-state index contributed by atoms with van der Waals surface area (Å²) in [6, 6.07) is 10.3. The monoisotopic (exact) mass is 468 g/mol. The number of benzene rings is 2. The lowest BCUT2D eigenvalue weighted by molar-refractivity contribution is -0.132. The average molecular weight is 469 g/mol. The number of hydrogen-bond acceptors (Lipinski definition) is 6. The minimum Gasteiger partial charge on any atom is -0.507 e. The van der Waals surface area contributed by atoms with Gasteiger partial charge in [0.1, 0.15) is 23.1 Å². The SMILES string of the molecule is COc1cc(OC)c(/C(O)=C2\C(=O)C(=O)N(c3cccc(F)c3)C2c2ccncc2)cc1Cl. The van der Waals surface area contributed by atoms with Gasteiger partial charge in [-0.25, -0.2) is 4.39 Å². The van der Waals surface area contributed by atoms with E-state index in [4.69, 9.17) is 21.1 Å². The van der Waals surface area contributed by atoms with E-state index in [0.717, 1.165) is 11.0 Å². The second kappa shape index (κ2) is 8.91. The maximum Gasteiger partial charge on any atom is 0.300 e. The van der Waals surface area contributed by atoms with Crippen molar-refractivity contribution in [2.24, 2.45) is 0 Å². The number of aromatic nitrogens is 1. The van der Waals surface area contributed by atoms with Crippen molar-refractivity contribution in [2.75, 3.05) is 19.1 Å². The van der Waals surface area contributed by atoms with Gasteiger partial charge in [0, 0.05) is 24.1 Å². The van der Waals surface area contributed by atoms with Crippen LogP contribution >= 0.6 is 11.6 Å². The van der Waals surface area contributed by atoms with E-state index >= 15 is 0 Å². The molecule has 1 aliphatic heterocycles. The number of nitrogens with zero attached hydrogens (tertiary/aromatic N) is 2. The smallest absolute Gasteiger partial charge is 0.300 e. The molecule has 0 aliphatic carbocycles. The molecule has 2 heterocycles. The lowest BCUT2D eigenvalue weighted by atomic mass is 9.95. The van der Waals surface area contributed by atoms with E-state index in [1.54, 1.807) is 12.1 Å². The van der Waals surface area contributed by atoms with E-state index in [1.807, 2.05) is 0 Å². The van der Waals surface area contributed by atoms with Crippen LogP contribution in [0.2, 0.25) is 5.02 Å². The van der Waals surface area contributed by atoms with Gasteiger partial charge in [-0.3, -0.25) is 19.5 Å². The van der Waals surface area contributed by atoms with Crippen LogP contribution in [0.3, 0.4) is 0 Å². The molecule has 1 fully saturated rings. The Morgan fingerprint density at radius 3 is 2.39 bits per heavy atom. The topological polar surface area (TPSA) is 89.0 Å². The van der Waals surface area contributed by atoms with Crippen molar-refractivity contribution in [2.45, 2.75) is 6.04 Å². The van der Waals surface area contributed by atoms with Crippen molar-refractivity contribution in [3.63, 3.8) is 0 Å². The number of amides is 1. The largest absolute Gasteiger partial charge is 0.507 e. The number of methoxy groups -OCH3 is 2. The lowest BCUT2D eigenvalue weighted by Crippen LogP contribution is -2.29. The number of pyridine rings is 1. The molecule has 7 nitrogen and oxygen atoms in total. The van der Waals surface area contributed by atoms with Gasteiger partial charge >= 0.3 is 0 Å². The Hall–Kier alpha value is -3.91. The number of carbonyl (C=O) groups excluding carboxylic acids is 2. The zero-order valence-electron chi connectivity index (χ0n) is 17.6. The van der Waals surface area contributed by atoms with Crippen LogP contribution in [0.4, 0.5) is 10.1 Å². The van der Waals surface area contributed by atoms with Gasteiger partial charge in [0.2, 0.25) is 0 Å². The van der Waals surface area contributed by atoms with Gasteiger partial charge in [-0.05, 0) is 42.0 Å². The van der Waals surface area contributed by atoms with Gasteiger partial charge in [0.05, 0.1) is 36.4 Å². The number of halogens is 2. The van der Waals surface area contributed by atoms with Crippen LogP contribution in [-0.4, -0.2) is 36.0 Å². The molecule has 3 aromatic rings. The Bertz CT molecular complexity index is 1280. The maximum atomic E-state index is 14.0. The Morgan fingerprint density at radius 2 is 1.76 bits per heavy atom. The summed E-state index contributed by atoms with van der Waals surface area (Å²) >= 11 is 6.24. The molecule has 1 aromatic heterocycles. The summed E-state index contributed by atoms with van der Waals surface area (Å²) in [6.45, 7) is 0. The van der Waals surface area contributed by atoms with Gasteiger partial charge in [0.25, 0.3) is 11.7 Å². The molecule has 0 radical (unpaired) electrons. The van der Waals surface area contributed by atoms with Crippen LogP contribution in [-0.2, 0) is 9.59 Å². The third-order valence-electron chi connectivity index (χ3n) is 5.28. The third kappa shape index (κ3) is 3.89. The molecular formula is C24H18ClFN2O5. The normalized spacial score (nSPS) is 17.3. The summed E-state index contributed by atoms with van der Waals surface area (Å²) in [5.41, 5.74) is 0.556. The van der Waals surface area contributed by atoms with Crippen molar-refractivity contribution in [1.82, 2.24) is 4.98 Å². The molecule has 0 bridgehead atoms. The second-order valence-corrected chi connectivity index (χ2v) is 7.52. The highest BCUT2D eigenvalue weighted by Crippen LogP contribution is 2.44. The number of aliphatic hydroxyl groups excluding tert-OH is 1. The van der Waals surface area contributed by atoms with E-state index < -0.39 is 29.3 Å². The molecule has 1 N–H and O–H groups in total. The number of ketones is 1. The molecule has 1 aliphatic rings. The highest BCUT2D eigenvalue weighted by atomic mass is 35.5. The first kappa shape index (κ1) is 22.3. The summed E-state index contributed by atoms with van der Waals surface area (Å²) < 4.78 is 24.5. The third-order valence-corrected chi connectivity index (χ3v) is 5.58. The summed E-state index contributed by atoms with van der Waals surface area (Å²) in [7, 11) is 2.80. The summed E-state index contributed by atoms with van der Waals surface area (Å²) in [5, 5.41) is 11.4. The Balaban J connectivity index is 1.98. The number of ether oxygens (including phenoxy) is 2. The quantitative estimate of drug-likeness (QED) is 0.336. The maximum absolute atomic E-state index is 14.0. The highest BCUT2D eigenvalue weighted by Gasteiger charge is 2.47. The number of hydrogen-bond donors (Lipinski definition) is 1. The summed E-state index contributed by atoms with van der Waals surface area (Å²) in [6.07, 6.45) is 2.98. The molecule has 1 unspecified atom stereocenters. The Labute approximate surface area is 193 Å². The van der Waals surface area contributed by atoms with Crippen LogP contribution in [0.15, 0.2) is 66.5 Å². The molecule has 33 heavy (non-hydrogen) atoms. The minimum absolute atomic E-state index is 0.0969. The first-order chi connectivity index (χ1) is 15.9. The Kier molecular flexibility index (Phi) is 6.02. The van der Waals surface area contributed by atoms with E-state index in [9.17, 15) is 19.1 Å². The molecule has 0 saturated carbocycles. The molecule has 9 heteroatoms. The van der Waals surface area contributed by atoms with Crippen molar-refractivity contribution in [1.29, 1.82) is 0 Å². The van der Waals surface area contributed by atoms with E-state index in [0.29, 0.717) is 11.3 Å². The molecule has 1 amide bonds. The number of carbonyl (C=O) groups is 2. The zero-order valence-corrected chi connectivity index (χ0v) is 18.3. The van der Waals surface area contributed by atoms with Crippen LogP contribution in [0.25, 0.3) is 5.76 Å². The first-order valence-electron chi connectivity index (χ1n) is 9.75. The molecule has 1 atom stereocenters. The average Bonchev–Trinajstić information content (AvgIpc) is 3.09. The predicted octanol–water partition coefficient (Wildman–Crippen LogP) is 4.52. The van der Waals surface area contributed by atoms with Gasteiger partial charge in [-0.2, -0.15) is 0 Å². The summed E-state index contributed by atoms with van der Waals surface area (Å²) in [4.78, 5) is 31.4. The van der Waals surface area contributed by atoms with Gasteiger partial charge < -0.3 is 14.6 Å². The minimum atomic E-state index is -1.04. The van der Waals surface area contributed by atoms with Crippen molar-refractivity contribution in [3.8, 4) is 11.5 Å². The zero-order chi connectivity index (χ0) is 23.7. The number of aliphatic hydroxyl groups is 1. The van der Waals surface area contributed by atoms with E-state index in [2.05, 4.69) is 4.98 Å². The highest BCUT2D eigenvalue weighted by molar-refractivity contribution is 6.51. The van der Waals surface area contributed by atoms with E-state index in [-0.39, 0.29) is 27.6 Å². The van der Waals surface area contributed by atoms with Crippen molar-refractivity contribution in [3.05, 3.63) is 88.5 Å². The van der Waals surface area contributed by atoms with Crippen molar-refractivity contribution < 1.29 is 28.6 Å². The van der Waals surface area contributed by atoms with Crippen LogP contribution < -0.4 is 14.4 Å². The molecule has 1 saturated heterocycles. The van der Waals surface area contributed by atoms with Crippen LogP contribution in [0, 0.1) is 5.82 Å². The van der Waals surface area contributed by atoms with Gasteiger partial charge in [-0.15, -0.1) is 0 Å². The Morgan fingerprint density at radius 1 is 1.06 bits per heavy atom. The molecule has 4 rings (SSSR count). The number of rotatable bonds is 5. The first-order valence-corrected chi connectivity index (χ1v) is 10.1. The fraction of sp³-hybridized carbons (Fsp3) is 0.125. The molecule has 168 valence electrons. The number of Topliss-reactive ketones (excluding diaryl/α,β-unsaturated/α-hetero) is 1. The molecule has 0 spiro atoms. The number of anilines is 1. The van der Waals surface area contributed by atoms with E-state index in [1.165, 1.54) is 56.9 Å². The lowest BCUT2D eigenvalue weighted by Gasteiger charge is -2.25. The fourth-order valence-electron chi connectivity index (χ4n) is 3.78. The predicted molar refractivity (Wildman–Crippen MR) is 120 cm³/mol. The van der Waals surface area contributed by atoms with Crippen LogP contribution in [0.5, 0.6) is 11.5 Å². The van der Waals surface area contributed by atoms with Gasteiger partial charge in [-0.1, -0.05) is 17.7 Å². The molecule has 2 aromatic carbocycles. The van der Waals surface area contributed by atoms with Crippen LogP contribution in [0.1, 0.15) is 17.2 Å². The fourth-order valence-corrected chi connectivity index (χ4v) is 4.02. The molecular weight excluding hydrogens is 451 g/mol. The van der Waals surface area contributed by atoms with Gasteiger partial charge in [0.15, 0.2) is 0 Å².